The first-order chi connectivity index (χ1) is 9.02. The van der Waals surface area contributed by atoms with Gasteiger partial charge in [0, 0.05) is 0 Å². The molecule has 2 unspecified atom stereocenters. The standard InChI is InChI=1S/C14H18F2O3/c1-3-4-6-9(14(18)19-2)13(17)12-10(15)7-5-8-11(12)16/h5,7-9,13,17H,3-4,6H2,1-2H3. The molecule has 2 atom stereocenters. The number of ether oxygens (including phenoxy) is 1. The number of unbranched alkanes of at least 4 members (excludes halogenated alkanes) is 1. The summed E-state index contributed by atoms with van der Waals surface area (Å²) in [7, 11) is 1.19. The van der Waals surface area contributed by atoms with Crippen molar-refractivity contribution in [3.05, 3.63) is 35.4 Å². The van der Waals surface area contributed by atoms with Crippen molar-refractivity contribution in [1.82, 2.24) is 0 Å². The Balaban J connectivity index is 3.04. The number of aliphatic hydroxyl groups is 1. The van der Waals surface area contributed by atoms with E-state index in [2.05, 4.69) is 4.74 Å². The number of hydrogen-bond acceptors (Lipinski definition) is 3. The molecule has 0 bridgehead atoms. The normalized spacial score (nSPS) is 13.9. The Labute approximate surface area is 111 Å². The topological polar surface area (TPSA) is 46.5 Å². The predicted octanol–water partition coefficient (Wildman–Crippen LogP) is 2.98. The summed E-state index contributed by atoms with van der Waals surface area (Å²) in [5.74, 6) is -3.35. The van der Waals surface area contributed by atoms with Crippen LogP contribution >= 0.6 is 0 Å². The van der Waals surface area contributed by atoms with Crippen LogP contribution in [0.4, 0.5) is 8.78 Å². The van der Waals surface area contributed by atoms with E-state index in [4.69, 9.17) is 0 Å². The highest BCUT2D eigenvalue weighted by molar-refractivity contribution is 5.73. The van der Waals surface area contributed by atoms with Gasteiger partial charge in [-0.1, -0.05) is 25.8 Å². The molecule has 0 aliphatic rings. The van der Waals surface area contributed by atoms with Gasteiger partial charge >= 0.3 is 5.97 Å². The van der Waals surface area contributed by atoms with Gasteiger partial charge in [0.2, 0.25) is 0 Å². The molecule has 1 aromatic carbocycles. The monoisotopic (exact) mass is 272 g/mol. The summed E-state index contributed by atoms with van der Waals surface area (Å²) in [4.78, 5) is 11.6. The number of rotatable bonds is 6. The highest BCUT2D eigenvalue weighted by Crippen LogP contribution is 2.30. The molecule has 0 spiro atoms. The van der Waals surface area contributed by atoms with Crippen LogP contribution in [0.1, 0.15) is 37.9 Å². The van der Waals surface area contributed by atoms with Gasteiger partial charge in [0.25, 0.3) is 0 Å². The van der Waals surface area contributed by atoms with Crippen LogP contribution in [0.5, 0.6) is 0 Å². The summed E-state index contributed by atoms with van der Waals surface area (Å²) in [6.45, 7) is 1.92. The molecule has 19 heavy (non-hydrogen) atoms. The fraction of sp³-hybridized carbons (Fsp3) is 0.500. The number of hydrogen-bond donors (Lipinski definition) is 1. The maximum atomic E-state index is 13.6. The fourth-order valence-electron chi connectivity index (χ4n) is 1.97. The zero-order valence-electron chi connectivity index (χ0n) is 11.0. The second-order valence-electron chi connectivity index (χ2n) is 4.35. The summed E-state index contributed by atoms with van der Waals surface area (Å²) in [6, 6.07) is 3.31. The van der Waals surface area contributed by atoms with Crippen LogP contribution in [-0.4, -0.2) is 18.2 Å². The van der Waals surface area contributed by atoms with E-state index in [-0.39, 0.29) is 0 Å². The molecule has 0 saturated heterocycles. The van der Waals surface area contributed by atoms with Crippen LogP contribution < -0.4 is 0 Å². The van der Waals surface area contributed by atoms with Crippen molar-refractivity contribution in [3.63, 3.8) is 0 Å². The lowest BCUT2D eigenvalue weighted by atomic mass is 9.90. The summed E-state index contributed by atoms with van der Waals surface area (Å²) in [5, 5.41) is 10.1. The van der Waals surface area contributed by atoms with E-state index in [1.165, 1.54) is 13.2 Å². The first-order valence-corrected chi connectivity index (χ1v) is 6.22. The molecule has 1 rings (SSSR count). The van der Waals surface area contributed by atoms with Crippen LogP contribution in [0.3, 0.4) is 0 Å². The van der Waals surface area contributed by atoms with Crippen molar-refractivity contribution >= 4 is 5.97 Å². The van der Waals surface area contributed by atoms with E-state index in [1.54, 1.807) is 0 Å². The Bertz CT molecular complexity index is 414. The molecule has 3 nitrogen and oxygen atoms in total. The minimum Gasteiger partial charge on any atom is -0.469 e. The lowest BCUT2D eigenvalue weighted by Gasteiger charge is -2.21. The van der Waals surface area contributed by atoms with Gasteiger partial charge in [-0.25, -0.2) is 8.78 Å². The van der Waals surface area contributed by atoms with Gasteiger partial charge in [-0.05, 0) is 18.6 Å². The fourth-order valence-corrected chi connectivity index (χ4v) is 1.97. The number of carbonyl (C=O) groups excluding carboxylic acids is 1. The van der Waals surface area contributed by atoms with Gasteiger partial charge < -0.3 is 9.84 Å². The van der Waals surface area contributed by atoms with Crippen molar-refractivity contribution in [3.8, 4) is 0 Å². The van der Waals surface area contributed by atoms with Crippen molar-refractivity contribution in [2.24, 2.45) is 5.92 Å². The molecular weight excluding hydrogens is 254 g/mol. The van der Waals surface area contributed by atoms with E-state index in [0.29, 0.717) is 12.8 Å². The Hall–Kier alpha value is -1.49. The molecule has 5 heteroatoms. The second kappa shape index (κ2) is 7.19. The first-order valence-electron chi connectivity index (χ1n) is 6.22. The third-order valence-electron chi connectivity index (χ3n) is 3.05. The minimum absolute atomic E-state index is 0.318. The maximum Gasteiger partial charge on any atom is 0.311 e. The molecule has 0 heterocycles. The smallest absolute Gasteiger partial charge is 0.311 e. The number of methoxy groups -OCH3 is 1. The van der Waals surface area contributed by atoms with E-state index >= 15 is 0 Å². The minimum atomic E-state index is -1.54. The number of halogens is 2. The third-order valence-corrected chi connectivity index (χ3v) is 3.05. The van der Waals surface area contributed by atoms with Crippen LogP contribution in [0.25, 0.3) is 0 Å². The SMILES string of the molecule is CCCCC(C(=O)OC)C(O)c1c(F)cccc1F. The number of esters is 1. The molecule has 0 saturated carbocycles. The zero-order valence-corrected chi connectivity index (χ0v) is 11.0. The second-order valence-corrected chi connectivity index (χ2v) is 4.35. The Kier molecular flexibility index (Phi) is 5.89. The molecule has 0 amide bonds. The third kappa shape index (κ3) is 3.73. The first kappa shape index (κ1) is 15.6. The maximum absolute atomic E-state index is 13.6. The van der Waals surface area contributed by atoms with Crippen molar-refractivity contribution < 1.29 is 23.4 Å². The predicted molar refractivity (Wildman–Crippen MR) is 66.3 cm³/mol. The molecule has 0 aromatic heterocycles. The van der Waals surface area contributed by atoms with Crippen molar-refractivity contribution in [2.45, 2.75) is 32.3 Å². The Morgan fingerprint density at radius 3 is 2.42 bits per heavy atom. The Morgan fingerprint density at radius 1 is 1.37 bits per heavy atom. The van der Waals surface area contributed by atoms with Gasteiger partial charge in [0.15, 0.2) is 0 Å². The van der Waals surface area contributed by atoms with Gasteiger partial charge in [0.1, 0.15) is 11.6 Å². The van der Waals surface area contributed by atoms with Gasteiger partial charge in [-0.2, -0.15) is 0 Å². The lowest BCUT2D eigenvalue weighted by molar-refractivity contribution is -0.150. The van der Waals surface area contributed by atoms with E-state index in [0.717, 1.165) is 18.6 Å². The van der Waals surface area contributed by atoms with E-state index in [9.17, 15) is 18.7 Å². The number of aliphatic hydroxyl groups excluding tert-OH is 1. The molecule has 1 N–H and O–H groups in total. The highest BCUT2D eigenvalue weighted by atomic mass is 19.1. The summed E-state index contributed by atoms with van der Waals surface area (Å²) in [5.41, 5.74) is -0.478. The Morgan fingerprint density at radius 2 is 1.95 bits per heavy atom. The van der Waals surface area contributed by atoms with Crippen LogP contribution in [0, 0.1) is 17.6 Å². The molecule has 1 aromatic rings. The van der Waals surface area contributed by atoms with Gasteiger partial charge in [0.05, 0.1) is 24.7 Å². The average molecular weight is 272 g/mol. The summed E-state index contributed by atoms with van der Waals surface area (Å²) >= 11 is 0. The van der Waals surface area contributed by atoms with Gasteiger partial charge in [-0.15, -0.1) is 0 Å². The molecule has 106 valence electrons. The molecular formula is C14H18F2O3. The largest absolute Gasteiger partial charge is 0.469 e. The van der Waals surface area contributed by atoms with Crippen molar-refractivity contribution in [2.75, 3.05) is 7.11 Å². The summed E-state index contributed by atoms with van der Waals surface area (Å²) < 4.78 is 31.8. The van der Waals surface area contributed by atoms with Crippen LogP contribution in [0.2, 0.25) is 0 Å². The lowest BCUT2D eigenvalue weighted by Crippen LogP contribution is -2.25. The quantitative estimate of drug-likeness (QED) is 0.810. The average Bonchev–Trinajstić information content (AvgIpc) is 2.38. The van der Waals surface area contributed by atoms with E-state index in [1.807, 2.05) is 6.92 Å². The zero-order chi connectivity index (χ0) is 14.4. The summed E-state index contributed by atoms with van der Waals surface area (Å²) in [6.07, 6.45) is 0.241. The number of benzene rings is 1. The van der Waals surface area contributed by atoms with Crippen molar-refractivity contribution in [1.29, 1.82) is 0 Å². The van der Waals surface area contributed by atoms with Crippen LogP contribution in [-0.2, 0) is 9.53 Å². The number of carbonyl (C=O) groups is 1. The van der Waals surface area contributed by atoms with E-state index < -0.39 is 35.2 Å². The highest BCUT2D eigenvalue weighted by Gasteiger charge is 2.32. The molecule has 0 fully saturated rings. The molecule has 0 radical (unpaired) electrons. The molecule has 0 aliphatic heterocycles. The van der Waals surface area contributed by atoms with Gasteiger partial charge in [-0.3, -0.25) is 4.79 Å². The van der Waals surface area contributed by atoms with Crippen LogP contribution in [0.15, 0.2) is 18.2 Å². The molecule has 0 aliphatic carbocycles.